The summed E-state index contributed by atoms with van der Waals surface area (Å²) in [6.07, 6.45) is 1.49. The van der Waals surface area contributed by atoms with Gasteiger partial charge in [-0.15, -0.1) is 0 Å². The lowest BCUT2D eigenvalue weighted by molar-refractivity contribution is 0.639. The molecule has 0 unspecified atom stereocenters. The molecule has 1 aromatic heterocycles. The molecular weight excluding hydrogens is 237 g/mol. The Morgan fingerprint density at radius 3 is 2.85 bits per heavy atom. The van der Waals surface area contributed by atoms with Crippen molar-refractivity contribution in [3.05, 3.63) is 45.0 Å². The van der Waals surface area contributed by atoms with Crippen molar-refractivity contribution in [1.82, 2.24) is 4.98 Å². The lowest BCUT2D eigenvalue weighted by Crippen LogP contribution is -2.02. The molecule has 0 aliphatic heterocycles. The molecule has 1 N–H and O–H groups in total. The highest BCUT2D eigenvalue weighted by Crippen LogP contribution is 2.23. The number of halogens is 2. The van der Waals surface area contributed by atoms with E-state index in [9.17, 15) is 9.18 Å². The second-order valence-electron chi connectivity index (χ2n) is 2.65. The van der Waals surface area contributed by atoms with Crippen LogP contribution in [0.1, 0.15) is 0 Å². The Morgan fingerprint density at radius 2 is 2.08 bits per heavy atom. The number of aromatic amines is 1. The van der Waals surface area contributed by atoms with Gasteiger partial charge in [0.2, 0.25) is 5.56 Å². The molecule has 0 saturated carbocycles. The van der Waals surface area contributed by atoms with Crippen LogP contribution in [0, 0.1) is 5.82 Å². The summed E-state index contributed by atoms with van der Waals surface area (Å²) in [5.74, 6) is -0.385. The standard InChI is InChI=1S/C9H5BrFNO/c10-7-1-2-8(11)5-3-9(13)12-4-6(5)7/h1-4H,(H,12,13). The SMILES string of the molecule is O=c1cc2c(F)ccc(Br)c2c[nH]1. The highest BCUT2D eigenvalue weighted by molar-refractivity contribution is 9.10. The van der Waals surface area contributed by atoms with Crippen LogP contribution < -0.4 is 5.56 Å². The summed E-state index contributed by atoms with van der Waals surface area (Å²) < 4.78 is 13.9. The third kappa shape index (κ3) is 1.37. The van der Waals surface area contributed by atoms with E-state index in [4.69, 9.17) is 0 Å². The van der Waals surface area contributed by atoms with Crippen LogP contribution in [-0.4, -0.2) is 4.98 Å². The van der Waals surface area contributed by atoms with E-state index < -0.39 is 0 Å². The van der Waals surface area contributed by atoms with E-state index >= 15 is 0 Å². The first-order valence-corrected chi connectivity index (χ1v) is 4.44. The van der Waals surface area contributed by atoms with E-state index in [1.807, 2.05) is 0 Å². The summed E-state index contributed by atoms with van der Waals surface area (Å²) in [6.45, 7) is 0. The van der Waals surface area contributed by atoms with Crippen molar-refractivity contribution in [2.24, 2.45) is 0 Å². The fraction of sp³-hybridized carbons (Fsp3) is 0. The summed E-state index contributed by atoms with van der Waals surface area (Å²) in [7, 11) is 0. The number of hydrogen-bond donors (Lipinski definition) is 1. The van der Waals surface area contributed by atoms with Gasteiger partial charge in [-0.1, -0.05) is 15.9 Å². The summed E-state index contributed by atoms with van der Waals surface area (Å²) in [5.41, 5.74) is -0.301. The Bertz CT molecular complexity index is 520. The molecule has 2 aromatic rings. The van der Waals surface area contributed by atoms with Crippen molar-refractivity contribution in [3.8, 4) is 0 Å². The number of fused-ring (bicyclic) bond motifs is 1. The Balaban J connectivity index is 3.00. The second-order valence-corrected chi connectivity index (χ2v) is 3.51. The summed E-state index contributed by atoms with van der Waals surface area (Å²) in [4.78, 5) is 13.4. The van der Waals surface area contributed by atoms with E-state index in [2.05, 4.69) is 20.9 Å². The maximum atomic E-state index is 13.2. The minimum atomic E-state index is -0.385. The number of rotatable bonds is 0. The van der Waals surface area contributed by atoms with Gasteiger partial charge in [0.1, 0.15) is 5.82 Å². The molecule has 0 aliphatic rings. The van der Waals surface area contributed by atoms with Gasteiger partial charge in [-0.3, -0.25) is 4.79 Å². The minimum Gasteiger partial charge on any atom is -0.328 e. The van der Waals surface area contributed by atoms with Crippen LogP contribution >= 0.6 is 15.9 Å². The molecule has 0 fully saturated rings. The maximum absolute atomic E-state index is 13.2. The third-order valence-electron chi connectivity index (χ3n) is 1.81. The minimum absolute atomic E-state index is 0.301. The molecule has 0 saturated heterocycles. The topological polar surface area (TPSA) is 32.9 Å². The summed E-state index contributed by atoms with van der Waals surface area (Å²) in [5, 5.41) is 0.998. The van der Waals surface area contributed by atoms with Crippen molar-refractivity contribution < 1.29 is 4.39 Å². The van der Waals surface area contributed by atoms with E-state index in [0.29, 0.717) is 10.8 Å². The number of benzene rings is 1. The number of hydrogen-bond acceptors (Lipinski definition) is 1. The number of H-pyrrole nitrogens is 1. The van der Waals surface area contributed by atoms with Crippen molar-refractivity contribution in [3.63, 3.8) is 0 Å². The lowest BCUT2D eigenvalue weighted by atomic mass is 10.2. The van der Waals surface area contributed by atoms with Gasteiger partial charge < -0.3 is 4.98 Å². The third-order valence-corrected chi connectivity index (χ3v) is 2.51. The van der Waals surface area contributed by atoms with Gasteiger partial charge in [-0.05, 0) is 12.1 Å². The molecule has 1 heterocycles. The fourth-order valence-corrected chi connectivity index (χ4v) is 1.65. The van der Waals surface area contributed by atoms with E-state index in [0.717, 1.165) is 4.47 Å². The zero-order chi connectivity index (χ0) is 9.42. The average Bonchev–Trinajstić information content (AvgIpc) is 2.12. The summed E-state index contributed by atoms with van der Waals surface area (Å²) >= 11 is 3.27. The zero-order valence-electron chi connectivity index (χ0n) is 6.47. The first-order chi connectivity index (χ1) is 6.18. The first-order valence-electron chi connectivity index (χ1n) is 3.65. The fourth-order valence-electron chi connectivity index (χ4n) is 1.19. The van der Waals surface area contributed by atoms with Crippen molar-refractivity contribution >= 4 is 26.7 Å². The van der Waals surface area contributed by atoms with Gasteiger partial charge in [-0.25, -0.2) is 4.39 Å². The van der Waals surface area contributed by atoms with Crippen LogP contribution in [0.15, 0.2) is 33.7 Å². The molecule has 13 heavy (non-hydrogen) atoms. The molecule has 66 valence electrons. The van der Waals surface area contributed by atoms with Crippen LogP contribution in [0.4, 0.5) is 4.39 Å². The number of nitrogens with one attached hydrogen (secondary N) is 1. The summed E-state index contributed by atoms with van der Waals surface area (Å²) in [6, 6.07) is 4.18. The van der Waals surface area contributed by atoms with Gasteiger partial charge in [0.25, 0.3) is 0 Å². The normalized spacial score (nSPS) is 10.6. The Kier molecular flexibility index (Phi) is 1.92. The highest BCUT2D eigenvalue weighted by Gasteiger charge is 2.03. The van der Waals surface area contributed by atoms with Gasteiger partial charge in [0, 0.05) is 27.5 Å². The second kappa shape index (κ2) is 2.96. The molecule has 0 spiro atoms. The highest BCUT2D eigenvalue weighted by atomic mass is 79.9. The van der Waals surface area contributed by atoms with Gasteiger partial charge in [0.05, 0.1) is 0 Å². The molecule has 0 aliphatic carbocycles. The van der Waals surface area contributed by atoms with Crippen molar-refractivity contribution in [2.75, 3.05) is 0 Å². The van der Waals surface area contributed by atoms with Crippen LogP contribution in [0.2, 0.25) is 0 Å². The van der Waals surface area contributed by atoms with E-state index in [1.165, 1.54) is 18.3 Å². The molecule has 0 bridgehead atoms. The number of pyridine rings is 1. The van der Waals surface area contributed by atoms with Crippen molar-refractivity contribution in [2.45, 2.75) is 0 Å². The van der Waals surface area contributed by atoms with E-state index in [1.54, 1.807) is 6.07 Å². The molecule has 0 amide bonds. The Hall–Kier alpha value is -1.16. The largest absolute Gasteiger partial charge is 0.328 e. The van der Waals surface area contributed by atoms with Crippen LogP contribution in [0.25, 0.3) is 10.8 Å². The Morgan fingerprint density at radius 1 is 1.31 bits per heavy atom. The first kappa shape index (κ1) is 8.44. The Labute approximate surface area is 81.5 Å². The molecular formula is C9H5BrFNO. The zero-order valence-corrected chi connectivity index (χ0v) is 8.06. The average molecular weight is 242 g/mol. The van der Waals surface area contributed by atoms with Crippen LogP contribution in [0.5, 0.6) is 0 Å². The predicted molar refractivity (Wildman–Crippen MR) is 52.2 cm³/mol. The molecule has 4 heteroatoms. The van der Waals surface area contributed by atoms with Gasteiger partial charge in [-0.2, -0.15) is 0 Å². The maximum Gasteiger partial charge on any atom is 0.248 e. The molecule has 0 radical (unpaired) electrons. The quantitative estimate of drug-likeness (QED) is 0.756. The smallest absolute Gasteiger partial charge is 0.248 e. The monoisotopic (exact) mass is 241 g/mol. The van der Waals surface area contributed by atoms with Crippen LogP contribution in [-0.2, 0) is 0 Å². The number of aromatic nitrogens is 1. The predicted octanol–water partition coefficient (Wildman–Crippen LogP) is 2.43. The van der Waals surface area contributed by atoms with Gasteiger partial charge >= 0.3 is 0 Å². The molecule has 2 rings (SSSR count). The van der Waals surface area contributed by atoms with E-state index in [-0.39, 0.29) is 11.4 Å². The van der Waals surface area contributed by atoms with Crippen LogP contribution in [0.3, 0.4) is 0 Å². The molecule has 1 aromatic carbocycles. The molecule has 0 atom stereocenters. The molecule has 2 nitrogen and oxygen atoms in total. The lowest BCUT2D eigenvalue weighted by Gasteiger charge is -1.99. The van der Waals surface area contributed by atoms with Gasteiger partial charge in [0.15, 0.2) is 0 Å². The van der Waals surface area contributed by atoms with Crippen molar-refractivity contribution in [1.29, 1.82) is 0 Å².